The number of unbranched alkanes of at least 4 members (excludes halogenated alkanes) is 1. The number of hydrogen-bond donors (Lipinski definition) is 1. The predicted molar refractivity (Wildman–Crippen MR) is 118 cm³/mol. The standard InChI is InChI=1S/C24H32N2O4/c1-5-6-15-25-24(28)19(3)26(16-20-10-8-7-9-18(20)2)23(27)17-30-22-13-11-21(29-4)12-14-22/h7-14,19H,5-6,15-17H2,1-4H3,(H,25,28)/t19-/m1/s1. The number of nitrogens with one attached hydrogen (secondary N) is 1. The van der Waals surface area contributed by atoms with Crippen LogP contribution >= 0.6 is 0 Å². The Bertz CT molecular complexity index is 820. The van der Waals surface area contributed by atoms with E-state index in [1.54, 1.807) is 43.2 Å². The van der Waals surface area contributed by atoms with Gasteiger partial charge in [-0.3, -0.25) is 9.59 Å². The summed E-state index contributed by atoms with van der Waals surface area (Å²) in [5, 5.41) is 2.92. The molecule has 162 valence electrons. The summed E-state index contributed by atoms with van der Waals surface area (Å²) in [7, 11) is 1.59. The van der Waals surface area contributed by atoms with Gasteiger partial charge in [0, 0.05) is 13.1 Å². The number of nitrogens with zero attached hydrogens (tertiary/aromatic N) is 1. The second-order valence-corrected chi connectivity index (χ2v) is 7.23. The molecule has 0 aromatic heterocycles. The number of rotatable bonds is 11. The van der Waals surface area contributed by atoms with Gasteiger partial charge in [-0.1, -0.05) is 37.6 Å². The van der Waals surface area contributed by atoms with Crippen molar-refractivity contribution >= 4 is 11.8 Å². The summed E-state index contributed by atoms with van der Waals surface area (Å²) in [6.07, 6.45) is 1.90. The molecule has 0 saturated carbocycles. The molecule has 2 amide bonds. The van der Waals surface area contributed by atoms with Crippen molar-refractivity contribution < 1.29 is 19.1 Å². The molecule has 0 aliphatic heterocycles. The lowest BCUT2D eigenvalue weighted by Gasteiger charge is -2.29. The molecule has 0 aliphatic rings. The Hall–Kier alpha value is -3.02. The van der Waals surface area contributed by atoms with Crippen molar-refractivity contribution in [3.63, 3.8) is 0 Å². The van der Waals surface area contributed by atoms with Crippen LogP contribution in [0.15, 0.2) is 48.5 Å². The van der Waals surface area contributed by atoms with E-state index < -0.39 is 6.04 Å². The second-order valence-electron chi connectivity index (χ2n) is 7.23. The molecule has 2 aromatic rings. The van der Waals surface area contributed by atoms with Crippen LogP contribution < -0.4 is 14.8 Å². The first-order valence-corrected chi connectivity index (χ1v) is 10.3. The van der Waals surface area contributed by atoms with Gasteiger partial charge in [0.2, 0.25) is 5.91 Å². The Balaban J connectivity index is 2.10. The van der Waals surface area contributed by atoms with E-state index in [9.17, 15) is 9.59 Å². The van der Waals surface area contributed by atoms with E-state index in [4.69, 9.17) is 9.47 Å². The van der Waals surface area contributed by atoms with E-state index in [-0.39, 0.29) is 18.4 Å². The van der Waals surface area contributed by atoms with Crippen LogP contribution in [0.5, 0.6) is 11.5 Å². The number of aryl methyl sites for hydroxylation is 1. The topological polar surface area (TPSA) is 67.9 Å². The molecule has 6 heteroatoms. The molecular weight excluding hydrogens is 380 g/mol. The van der Waals surface area contributed by atoms with Gasteiger partial charge in [-0.15, -0.1) is 0 Å². The third-order valence-corrected chi connectivity index (χ3v) is 5.02. The zero-order chi connectivity index (χ0) is 21.9. The molecule has 0 fully saturated rings. The lowest BCUT2D eigenvalue weighted by atomic mass is 10.1. The summed E-state index contributed by atoms with van der Waals surface area (Å²) in [6.45, 7) is 6.63. The number of methoxy groups -OCH3 is 1. The molecule has 0 unspecified atom stereocenters. The third kappa shape index (κ3) is 6.79. The largest absolute Gasteiger partial charge is 0.497 e. The van der Waals surface area contributed by atoms with Gasteiger partial charge in [-0.25, -0.2) is 0 Å². The molecule has 0 bridgehead atoms. The van der Waals surface area contributed by atoms with Crippen LogP contribution in [0.2, 0.25) is 0 Å². The predicted octanol–water partition coefficient (Wildman–Crippen LogP) is 3.72. The molecule has 1 N–H and O–H groups in total. The Morgan fingerprint density at radius 1 is 1.07 bits per heavy atom. The zero-order valence-electron chi connectivity index (χ0n) is 18.3. The highest BCUT2D eigenvalue weighted by atomic mass is 16.5. The minimum absolute atomic E-state index is 0.148. The summed E-state index contributed by atoms with van der Waals surface area (Å²) in [6, 6.07) is 14.3. The molecule has 0 heterocycles. The van der Waals surface area contributed by atoms with Crippen LogP contribution in [-0.4, -0.2) is 43.0 Å². The lowest BCUT2D eigenvalue weighted by molar-refractivity contribution is -0.142. The summed E-state index contributed by atoms with van der Waals surface area (Å²) in [5.74, 6) is 0.884. The minimum Gasteiger partial charge on any atom is -0.497 e. The maximum Gasteiger partial charge on any atom is 0.261 e. The molecule has 1 atom stereocenters. The second kappa shape index (κ2) is 11.9. The SMILES string of the molecule is CCCCNC(=O)[C@@H](C)N(Cc1ccccc1C)C(=O)COc1ccc(OC)cc1. The summed E-state index contributed by atoms with van der Waals surface area (Å²) >= 11 is 0. The van der Waals surface area contributed by atoms with Gasteiger partial charge >= 0.3 is 0 Å². The molecule has 30 heavy (non-hydrogen) atoms. The van der Waals surface area contributed by atoms with Crippen molar-refractivity contribution in [2.24, 2.45) is 0 Å². The van der Waals surface area contributed by atoms with Crippen molar-refractivity contribution in [2.75, 3.05) is 20.3 Å². The van der Waals surface area contributed by atoms with Crippen LogP contribution in [-0.2, 0) is 16.1 Å². The van der Waals surface area contributed by atoms with Crippen molar-refractivity contribution in [1.29, 1.82) is 0 Å². The lowest BCUT2D eigenvalue weighted by Crippen LogP contribution is -2.49. The highest BCUT2D eigenvalue weighted by molar-refractivity contribution is 5.88. The monoisotopic (exact) mass is 412 g/mol. The van der Waals surface area contributed by atoms with E-state index in [1.165, 1.54) is 0 Å². The van der Waals surface area contributed by atoms with Crippen LogP contribution in [0.1, 0.15) is 37.8 Å². The maximum absolute atomic E-state index is 13.0. The molecule has 6 nitrogen and oxygen atoms in total. The van der Waals surface area contributed by atoms with Crippen LogP contribution in [0.4, 0.5) is 0 Å². The summed E-state index contributed by atoms with van der Waals surface area (Å²) in [4.78, 5) is 27.2. The smallest absolute Gasteiger partial charge is 0.261 e. The summed E-state index contributed by atoms with van der Waals surface area (Å²) < 4.78 is 10.8. The Labute approximate surface area is 179 Å². The van der Waals surface area contributed by atoms with E-state index in [2.05, 4.69) is 12.2 Å². The van der Waals surface area contributed by atoms with Gasteiger partial charge in [0.25, 0.3) is 5.91 Å². The first-order chi connectivity index (χ1) is 14.5. The van der Waals surface area contributed by atoms with E-state index in [0.29, 0.717) is 24.6 Å². The highest BCUT2D eigenvalue weighted by Gasteiger charge is 2.26. The molecule has 0 saturated heterocycles. The van der Waals surface area contributed by atoms with Crippen LogP contribution in [0.25, 0.3) is 0 Å². The quantitative estimate of drug-likeness (QED) is 0.571. The van der Waals surface area contributed by atoms with Gasteiger partial charge in [0.05, 0.1) is 7.11 Å². The van der Waals surface area contributed by atoms with E-state index >= 15 is 0 Å². The maximum atomic E-state index is 13.0. The molecule has 0 aliphatic carbocycles. The van der Waals surface area contributed by atoms with Gasteiger partial charge < -0.3 is 19.7 Å². The van der Waals surface area contributed by atoms with E-state index in [0.717, 1.165) is 24.0 Å². The van der Waals surface area contributed by atoms with Gasteiger partial charge in [0.1, 0.15) is 17.5 Å². The fourth-order valence-electron chi connectivity index (χ4n) is 2.99. The summed E-state index contributed by atoms with van der Waals surface area (Å²) in [5.41, 5.74) is 2.08. The Morgan fingerprint density at radius 2 is 1.73 bits per heavy atom. The average molecular weight is 413 g/mol. The van der Waals surface area contributed by atoms with Crippen molar-refractivity contribution in [3.05, 3.63) is 59.7 Å². The first-order valence-electron chi connectivity index (χ1n) is 10.3. The fourth-order valence-corrected chi connectivity index (χ4v) is 2.99. The van der Waals surface area contributed by atoms with E-state index in [1.807, 2.05) is 31.2 Å². The van der Waals surface area contributed by atoms with Gasteiger partial charge in [0.15, 0.2) is 6.61 Å². The molecule has 2 rings (SSSR count). The minimum atomic E-state index is -0.603. The van der Waals surface area contributed by atoms with Gasteiger partial charge in [-0.2, -0.15) is 0 Å². The highest BCUT2D eigenvalue weighted by Crippen LogP contribution is 2.18. The molecule has 0 spiro atoms. The van der Waals surface area contributed by atoms with Gasteiger partial charge in [-0.05, 0) is 55.7 Å². The van der Waals surface area contributed by atoms with Crippen molar-refractivity contribution in [3.8, 4) is 11.5 Å². The van der Waals surface area contributed by atoms with Crippen LogP contribution in [0.3, 0.4) is 0 Å². The molecule has 0 radical (unpaired) electrons. The number of hydrogen-bond acceptors (Lipinski definition) is 4. The molecule has 2 aromatic carbocycles. The number of carbonyl (C=O) groups excluding carboxylic acids is 2. The zero-order valence-corrected chi connectivity index (χ0v) is 18.3. The first kappa shape index (κ1) is 23.3. The normalized spacial score (nSPS) is 11.5. The fraction of sp³-hybridized carbons (Fsp3) is 0.417. The number of benzene rings is 2. The number of ether oxygens (including phenoxy) is 2. The van der Waals surface area contributed by atoms with Crippen LogP contribution in [0, 0.1) is 6.92 Å². The average Bonchev–Trinajstić information content (AvgIpc) is 2.77. The van der Waals surface area contributed by atoms with Crippen molar-refractivity contribution in [1.82, 2.24) is 10.2 Å². The Morgan fingerprint density at radius 3 is 2.37 bits per heavy atom. The number of carbonyl (C=O) groups is 2. The van der Waals surface area contributed by atoms with Crippen molar-refractivity contribution in [2.45, 2.75) is 46.2 Å². The molecular formula is C24H32N2O4. The Kier molecular flexibility index (Phi) is 9.19. The number of amides is 2. The third-order valence-electron chi connectivity index (χ3n) is 5.02.